The third kappa shape index (κ3) is 3.00. The minimum Gasteiger partial charge on any atom is -1.00 e. The maximum atomic E-state index is 11.5. The number of carbonyl (C=O) groups is 1. The summed E-state index contributed by atoms with van der Waals surface area (Å²) in [7, 11) is 4.05. The van der Waals surface area contributed by atoms with Crippen molar-refractivity contribution >= 4 is 5.97 Å². The van der Waals surface area contributed by atoms with E-state index in [1.165, 1.54) is 5.69 Å². The number of imidazole rings is 1. The third-order valence-electron chi connectivity index (χ3n) is 3.38. The molecule has 1 aromatic heterocycles. The van der Waals surface area contributed by atoms with Crippen LogP contribution in [0.4, 0.5) is 0 Å². The predicted molar refractivity (Wildman–Crippen MR) is 58.5 cm³/mol. The summed E-state index contributed by atoms with van der Waals surface area (Å²) in [5.41, 5.74) is 1.25. The molecule has 2 unspecified atom stereocenters. The fraction of sp³-hybridized carbons (Fsp3) is 0.667. The minimum atomic E-state index is -0.0221. The predicted octanol–water partition coefficient (Wildman–Crippen LogP) is -2.40. The Bertz CT molecular complexity index is 403. The Morgan fingerprint density at radius 1 is 1.59 bits per heavy atom. The summed E-state index contributed by atoms with van der Waals surface area (Å²) in [6.07, 6.45) is 5.94. The van der Waals surface area contributed by atoms with E-state index < -0.39 is 0 Å². The smallest absolute Gasteiger partial charge is 0.309 e. The number of ether oxygens (including phenoxy) is 1. The topological polar surface area (TPSA) is 35.1 Å². The number of esters is 1. The number of hydrogen-bond donors (Lipinski definition) is 0. The Kier molecular flexibility index (Phi) is 4.97. The van der Waals surface area contributed by atoms with Gasteiger partial charge in [0.15, 0.2) is 0 Å². The van der Waals surface area contributed by atoms with Crippen LogP contribution >= 0.6 is 0 Å². The Morgan fingerprint density at radius 3 is 2.82 bits per heavy atom. The van der Waals surface area contributed by atoms with E-state index in [0.29, 0.717) is 12.5 Å². The van der Waals surface area contributed by atoms with Crippen LogP contribution in [0, 0.1) is 11.8 Å². The van der Waals surface area contributed by atoms with Crippen LogP contribution in [0.5, 0.6) is 0 Å². The first-order valence-electron chi connectivity index (χ1n) is 5.79. The van der Waals surface area contributed by atoms with Gasteiger partial charge in [0.2, 0.25) is 6.33 Å². The minimum absolute atomic E-state index is 0. The van der Waals surface area contributed by atoms with Crippen LogP contribution in [0.2, 0.25) is 0 Å². The second-order valence-electron chi connectivity index (χ2n) is 4.62. The molecule has 0 radical (unpaired) electrons. The molecule has 1 saturated heterocycles. The van der Waals surface area contributed by atoms with Crippen molar-refractivity contribution in [1.82, 2.24) is 4.57 Å². The highest BCUT2D eigenvalue weighted by molar-refractivity contribution is 5.74. The summed E-state index contributed by atoms with van der Waals surface area (Å²) in [6, 6.07) is 0. The summed E-state index contributed by atoms with van der Waals surface area (Å²) in [5.74, 6) is 0.400. The van der Waals surface area contributed by atoms with Crippen LogP contribution in [0.1, 0.15) is 19.0 Å². The zero-order valence-corrected chi connectivity index (χ0v) is 12.7. The van der Waals surface area contributed by atoms with Gasteiger partial charge in [-0.05, 0) is 6.42 Å². The van der Waals surface area contributed by atoms with Crippen molar-refractivity contribution in [2.45, 2.75) is 19.8 Å². The lowest BCUT2D eigenvalue weighted by Crippen LogP contribution is -3.00. The quantitative estimate of drug-likeness (QED) is 0.346. The summed E-state index contributed by atoms with van der Waals surface area (Å²) >= 11 is 0. The maximum absolute atomic E-state index is 11.5. The fourth-order valence-corrected chi connectivity index (χ4v) is 2.48. The Labute approximate surface area is 119 Å². The van der Waals surface area contributed by atoms with Crippen molar-refractivity contribution in [3.63, 3.8) is 0 Å². The molecule has 0 aliphatic carbocycles. The van der Waals surface area contributed by atoms with E-state index in [-0.39, 0.29) is 35.9 Å². The standard InChI is InChI=1S/C12H19N2O2.HI/c1-4-11-9(7-16-12(11)15)5-10-6-13(2)8-14(10)3;/h6,8-9,11H,4-5,7H2,1-3H3;1H/q+1;/p-1. The van der Waals surface area contributed by atoms with Gasteiger partial charge in [0.05, 0.1) is 26.6 Å². The molecule has 0 N–H and O–H groups in total. The zero-order chi connectivity index (χ0) is 11.7. The SMILES string of the molecule is CCC1C(=O)OCC1Cc1c[n+](C)cn1C.[I-]. The summed E-state index contributed by atoms with van der Waals surface area (Å²) in [4.78, 5) is 11.5. The van der Waals surface area contributed by atoms with Gasteiger partial charge in [-0.15, -0.1) is 0 Å². The Balaban J connectivity index is 0.00000144. The molecule has 4 nitrogen and oxygen atoms in total. The van der Waals surface area contributed by atoms with E-state index in [2.05, 4.69) is 17.7 Å². The largest absolute Gasteiger partial charge is 1.00 e. The van der Waals surface area contributed by atoms with Gasteiger partial charge in [-0.2, -0.15) is 0 Å². The van der Waals surface area contributed by atoms with Gasteiger partial charge in [-0.25, -0.2) is 9.13 Å². The summed E-state index contributed by atoms with van der Waals surface area (Å²) < 4.78 is 9.28. The van der Waals surface area contributed by atoms with Crippen molar-refractivity contribution in [3.8, 4) is 0 Å². The van der Waals surface area contributed by atoms with Gasteiger partial charge in [-0.3, -0.25) is 4.79 Å². The van der Waals surface area contributed by atoms with Gasteiger partial charge in [0.25, 0.3) is 0 Å². The van der Waals surface area contributed by atoms with Crippen molar-refractivity contribution in [2.75, 3.05) is 6.61 Å². The molecule has 2 heterocycles. The van der Waals surface area contributed by atoms with Crippen molar-refractivity contribution in [3.05, 3.63) is 18.2 Å². The van der Waals surface area contributed by atoms with Gasteiger partial charge in [0, 0.05) is 12.3 Å². The highest BCUT2D eigenvalue weighted by atomic mass is 127. The van der Waals surface area contributed by atoms with Gasteiger partial charge >= 0.3 is 5.97 Å². The Hall–Kier alpha value is -0.590. The highest BCUT2D eigenvalue weighted by Gasteiger charge is 2.36. The van der Waals surface area contributed by atoms with E-state index >= 15 is 0 Å². The number of aromatic nitrogens is 2. The lowest BCUT2D eigenvalue weighted by Gasteiger charge is -2.10. The van der Waals surface area contributed by atoms with E-state index in [0.717, 1.165) is 12.8 Å². The van der Waals surface area contributed by atoms with Gasteiger partial charge < -0.3 is 28.7 Å². The number of carbonyl (C=O) groups excluding carboxylic acids is 1. The van der Waals surface area contributed by atoms with Gasteiger partial charge in [-0.1, -0.05) is 6.92 Å². The number of hydrogen-bond acceptors (Lipinski definition) is 2. The molecule has 0 bridgehead atoms. The second kappa shape index (κ2) is 5.84. The first kappa shape index (κ1) is 14.5. The molecule has 1 fully saturated rings. The highest BCUT2D eigenvalue weighted by Crippen LogP contribution is 2.27. The first-order valence-corrected chi connectivity index (χ1v) is 5.79. The summed E-state index contributed by atoms with van der Waals surface area (Å²) in [5, 5.41) is 0. The van der Waals surface area contributed by atoms with Crippen LogP contribution in [-0.4, -0.2) is 17.1 Å². The second-order valence-corrected chi connectivity index (χ2v) is 4.62. The molecule has 1 aliphatic rings. The molecule has 2 rings (SSSR count). The molecule has 0 saturated carbocycles. The zero-order valence-electron chi connectivity index (χ0n) is 10.5. The molecule has 2 atom stereocenters. The molecule has 17 heavy (non-hydrogen) atoms. The van der Waals surface area contributed by atoms with E-state index in [4.69, 9.17) is 4.74 Å². The molecular weight excluding hydrogens is 331 g/mol. The van der Waals surface area contributed by atoms with Crippen LogP contribution in [-0.2, 0) is 30.0 Å². The molecule has 0 spiro atoms. The third-order valence-corrected chi connectivity index (χ3v) is 3.38. The lowest BCUT2D eigenvalue weighted by molar-refractivity contribution is -0.671. The molecule has 5 heteroatoms. The van der Waals surface area contributed by atoms with Crippen molar-refractivity contribution in [2.24, 2.45) is 25.9 Å². The number of nitrogens with zero attached hydrogens (tertiary/aromatic N) is 2. The average Bonchev–Trinajstić information content (AvgIpc) is 2.72. The normalized spacial score (nSPS) is 23.4. The van der Waals surface area contributed by atoms with Crippen LogP contribution < -0.4 is 28.5 Å². The van der Waals surface area contributed by atoms with Crippen LogP contribution in [0.15, 0.2) is 12.5 Å². The van der Waals surface area contributed by atoms with Crippen LogP contribution in [0.3, 0.4) is 0 Å². The van der Waals surface area contributed by atoms with Gasteiger partial charge in [0.1, 0.15) is 11.9 Å². The van der Waals surface area contributed by atoms with E-state index in [1.807, 2.05) is 25.0 Å². The maximum Gasteiger partial charge on any atom is 0.309 e. The average molecular weight is 350 g/mol. The summed E-state index contributed by atoms with van der Waals surface area (Å²) in [6.45, 7) is 2.63. The van der Waals surface area contributed by atoms with Crippen molar-refractivity contribution < 1.29 is 38.1 Å². The number of aryl methyl sites for hydroxylation is 2. The fourth-order valence-electron chi connectivity index (χ4n) is 2.48. The molecular formula is C12H19IN2O2. The number of rotatable bonds is 3. The lowest BCUT2D eigenvalue weighted by atomic mass is 9.89. The molecule has 1 aliphatic heterocycles. The number of cyclic esters (lactones) is 1. The Morgan fingerprint density at radius 2 is 2.29 bits per heavy atom. The molecule has 1 aromatic rings. The van der Waals surface area contributed by atoms with E-state index in [9.17, 15) is 4.79 Å². The molecule has 0 amide bonds. The number of halogens is 1. The van der Waals surface area contributed by atoms with Crippen LogP contribution in [0.25, 0.3) is 0 Å². The van der Waals surface area contributed by atoms with E-state index in [1.54, 1.807) is 0 Å². The molecule has 0 aromatic carbocycles. The first-order chi connectivity index (χ1) is 7.61. The molecule has 96 valence electrons. The monoisotopic (exact) mass is 350 g/mol. The van der Waals surface area contributed by atoms with Crippen molar-refractivity contribution in [1.29, 1.82) is 0 Å².